The van der Waals surface area contributed by atoms with Gasteiger partial charge in [0.1, 0.15) is 10.5 Å². The first-order chi connectivity index (χ1) is 14.6. The number of ether oxygens (including phenoxy) is 1. The first kappa shape index (κ1) is 20.9. The number of likely N-dealkylation sites (tertiary alicyclic amines) is 1. The largest absolute Gasteiger partial charge is 0.385 e. The van der Waals surface area contributed by atoms with Gasteiger partial charge in [-0.15, -0.1) is 11.3 Å². The Morgan fingerprint density at radius 1 is 1.13 bits per heavy atom. The smallest absolute Gasteiger partial charge is 0.328 e. The maximum atomic E-state index is 13.5. The number of nitrogens with zero attached hydrogens (tertiary/aromatic N) is 5. The highest BCUT2D eigenvalue weighted by Crippen LogP contribution is 2.38. The van der Waals surface area contributed by atoms with Gasteiger partial charge in [-0.05, 0) is 31.4 Å². The number of methoxy groups -OCH3 is 1. The van der Waals surface area contributed by atoms with E-state index in [1.165, 1.54) is 4.90 Å². The third kappa shape index (κ3) is 4.10. The highest BCUT2D eigenvalue weighted by molar-refractivity contribution is 7.09. The topological polar surface area (TPSA) is 78.9 Å². The summed E-state index contributed by atoms with van der Waals surface area (Å²) in [5.74, 6) is -0.0931. The summed E-state index contributed by atoms with van der Waals surface area (Å²) in [5, 5.41) is 3.06. The highest BCUT2D eigenvalue weighted by Gasteiger charge is 2.57. The average Bonchev–Trinajstić information content (AvgIpc) is 3.34. The molecular formula is C21H27N5O3S. The molecule has 0 atom stereocenters. The predicted octanol–water partition coefficient (Wildman–Crippen LogP) is 2.37. The van der Waals surface area contributed by atoms with Crippen molar-refractivity contribution in [3.05, 3.63) is 46.7 Å². The van der Waals surface area contributed by atoms with Crippen molar-refractivity contribution in [1.82, 2.24) is 24.7 Å². The van der Waals surface area contributed by atoms with E-state index in [1.54, 1.807) is 29.5 Å². The molecule has 0 radical (unpaired) electrons. The maximum absolute atomic E-state index is 13.5. The number of imide groups is 1. The van der Waals surface area contributed by atoms with Crippen LogP contribution in [0.25, 0.3) is 0 Å². The number of carbonyl (C=O) groups excluding carboxylic acids is 2. The lowest BCUT2D eigenvalue weighted by molar-refractivity contribution is -0.136. The summed E-state index contributed by atoms with van der Waals surface area (Å²) in [6, 6.07) is 5.33. The van der Waals surface area contributed by atoms with E-state index in [0.717, 1.165) is 24.6 Å². The van der Waals surface area contributed by atoms with Crippen LogP contribution in [0.15, 0.2) is 36.0 Å². The third-order valence-corrected chi connectivity index (χ3v) is 6.69. The number of piperidine rings is 1. The molecule has 0 bridgehead atoms. The van der Waals surface area contributed by atoms with E-state index in [9.17, 15) is 9.59 Å². The van der Waals surface area contributed by atoms with Crippen molar-refractivity contribution in [3.8, 4) is 0 Å². The molecular weight excluding hydrogens is 402 g/mol. The quantitative estimate of drug-likeness (QED) is 0.474. The van der Waals surface area contributed by atoms with Gasteiger partial charge in [0.05, 0.1) is 18.8 Å². The standard InChI is InChI=1S/C21H27N5O3S/c1-29-13-4-10-26-20(28)25(15-17-5-2-3-8-22-17)19(27)21(26)6-11-24(12-7-21)16-18-23-9-14-30-18/h2-3,5,8-9,14H,4,6-7,10-13,15-16H2,1H3. The molecule has 2 saturated heterocycles. The number of aromatic nitrogens is 2. The van der Waals surface area contributed by atoms with Crippen LogP contribution < -0.4 is 0 Å². The van der Waals surface area contributed by atoms with Crippen LogP contribution in [0.4, 0.5) is 4.79 Å². The van der Waals surface area contributed by atoms with Crippen LogP contribution in [-0.4, -0.2) is 75.5 Å². The van der Waals surface area contributed by atoms with Crippen molar-refractivity contribution in [2.75, 3.05) is 33.4 Å². The summed E-state index contributed by atoms with van der Waals surface area (Å²) in [4.78, 5) is 41.0. The Labute approximate surface area is 180 Å². The second-order valence-corrected chi connectivity index (χ2v) is 8.71. The van der Waals surface area contributed by atoms with Crippen LogP contribution in [0.1, 0.15) is 30.0 Å². The van der Waals surface area contributed by atoms with Crippen LogP contribution in [-0.2, 0) is 22.6 Å². The van der Waals surface area contributed by atoms with Gasteiger partial charge in [0.25, 0.3) is 5.91 Å². The number of pyridine rings is 1. The lowest BCUT2D eigenvalue weighted by Gasteiger charge is -2.42. The molecule has 0 unspecified atom stereocenters. The van der Waals surface area contributed by atoms with E-state index in [0.29, 0.717) is 38.1 Å². The van der Waals surface area contributed by atoms with Gasteiger partial charge in [-0.1, -0.05) is 6.07 Å². The lowest BCUT2D eigenvalue weighted by atomic mass is 9.85. The summed E-state index contributed by atoms with van der Waals surface area (Å²) in [6.07, 6.45) is 5.47. The number of rotatable bonds is 8. The molecule has 4 rings (SSSR count). The van der Waals surface area contributed by atoms with Crippen LogP contribution in [0, 0.1) is 0 Å². The van der Waals surface area contributed by atoms with E-state index in [1.807, 2.05) is 29.8 Å². The van der Waals surface area contributed by atoms with Gasteiger partial charge in [-0.2, -0.15) is 0 Å². The highest BCUT2D eigenvalue weighted by atomic mass is 32.1. The number of hydrogen-bond donors (Lipinski definition) is 0. The van der Waals surface area contributed by atoms with Crippen LogP contribution in [0.3, 0.4) is 0 Å². The van der Waals surface area contributed by atoms with E-state index < -0.39 is 5.54 Å². The fraction of sp³-hybridized carbons (Fsp3) is 0.524. The zero-order valence-electron chi connectivity index (χ0n) is 17.2. The Balaban J connectivity index is 1.51. The molecule has 2 fully saturated rings. The van der Waals surface area contributed by atoms with Crippen LogP contribution >= 0.6 is 11.3 Å². The van der Waals surface area contributed by atoms with Crippen molar-refractivity contribution in [2.45, 2.75) is 37.9 Å². The third-order valence-electron chi connectivity index (χ3n) is 5.92. The minimum absolute atomic E-state index is 0.0931. The minimum Gasteiger partial charge on any atom is -0.385 e. The molecule has 3 amide bonds. The predicted molar refractivity (Wildman–Crippen MR) is 113 cm³/mol. The molecule has 0 aliphatic carbocycles. The fourth-order valence-electron chi connectivity index (χ4n) is 4.34. The van der Waals surface area contributed by atoms with E-state index in [4.69, 9.17) is 4.74 Å². The Hall–Kier alpha value is -2.36. The van der Waals surface area contributed by atoms with Crippen molar-refractivity contribution in [2.24, 2.45) is 0 Å². The summed E-state index contributed by atoms with van der Waals surface area (Å²) in [6.45, 7) is 3.60. The number of amides is 3. The molecule has 0 saturated carbocycles. The van der Waals surface area contributed by atoms with Gasteiger partial charge in [-0.25, -0.2) is 9.78 Å². The van der Waals surface area contributed by atoms with Gasteiger partial charge < -0.3 is 9.64 Å². The Bertz CT molecular complexity index is 853. The fourth-order valence-corrected chi connectivity index (χ4v) is 5.00. The summed E-state index contributed by atoms with van der Waals surface area (Å²) < 4.78 is 5.18. The van der Waals surface area contributed by atoms with Crippen molar-refractivity contribution < 1.29 is 14.3 Å². The molecule has 2 aliphatic heterocycles. The molecule has 0 aromatic carbocycles. The summed E-state index contributed by atoms with van der Waals surface area (Å²) >= 11 is 1.64. The molecule has 4 heterocycles. The molecule has 9 heteroatoms. The molecule has 0 N–H and O–H groups in total. The Morgan fingerprint density at radius 3 is 2.63 bits per heavy atom. The molecule has 160 valence electrons. The van der Waals surface area contributed by atoms with Crippen molar-refractivity contribution in [3.63, 3.8) is 0 Å². The van der Waals surface area contributed by atoms with Crippen molar-refractivity contribution in [1.29, 1.82) is 0 Å². The van der Waals surface area contributed by atoms with E-state index in [-0.39, 0.29) is 18.5 Å². The van der Waals surface area contributed by atoms with Gasteiger partial charge in [0.15, 0.2) is 0 Å². The molecule has 2 aromatic rings. The van der Waals surface area contributed by atoms with Gasteiger partial charge in [0, 0.05) is 51.1 Å². The van der Waals surface area contributed by atoms with Crippen LogP contribution in [0.2, 0.25) is 0 Å². The van der Waals surface area contributed by atoms with E-state index in [2.05, 4.69) is 14.9 Å². The monoisotopic (exact) mass is 429 g/mol. The number of hydrogen-bond acceptors (Lipinski definition) is 7. The maximum Gasteiger partial charge on any atom is 0.328 e. The van der Waals surface area contributed by atoms with Gasteiger partial charge in [-0.3, -0.25) is 19.6 Å². The van der Waals surface area contributed by atoms with Gasteiger partial charge in [0.2, 0.25) is 0 Å². The molecule has 2 aliphatic rings. The molecule has 2 aromatic heterocycles. The number of urea groups is 1. The first-order valence-corrected chi connectivity index (χ1v) is 11.2. The molecule has 8 nitrogen and oxygen atoms in total. The van der Waals surface area contributed by atoms with Crippen molar-refractivity contribution >= 4 is 23.3 Å². The zero-order chi connectivity index (χ0) is 21.0. The SMILES string of the molecule is COCCCN1C(=O)N(Cc2ccccn2)C(=O)C12CCN(Cc1nccs1)CC2. The normalized spacial score (nSPS) is 19.2. The van der Waals surface area contributed by atoms with Gasteiger partial charge >= 0.3 is 6.03 Å². The minimum atomic E-state index is -0.765. The Morgan fingerprint density at radius 2 is 1.97 bits per heavy atom. The number of carbonyl (C=O) groups is 2. The average molecular weight is 430 g/mol. The second kappa shape index (κ2) is 9.20. The number of thiazole rings is 1. The second-order valence-electron chi connectivity index (χ2n) is 7.73. The summed E-state index contributed by atoms with van der Waals surface area (Å²) in [7, 11) is 1.65. The zero-order valence-corrected chi connectivity index (χ0v) is 18.0. The lowest BCUT2D eigenvalue weighted by Crippen LogP contribution is -2.56. The van der Waals surface area contributed by atoms with Crippen LogP contribution in [0.5, 0.6) is 0 Å². The molecule has 30 heavy (non-hydrogen) atoms. The molecule has 1 spiro atoms. The Kier molecular flexibility index (Phi) is 6.40. The first-order valence-electron chi connectivity index (χ1n) is 10.3. The summed E-state index contributed by atoms with van der Waals surface area (Å²) in [5.41, 5.74) is -0.0480. The van der Waals surface area contributed by atoms with E-state index >= 15 is 0 Å².